The van der Waals surface area contributed by atoms with Crippen LogP contribution in [0, 0.1) is 10.8 Å². The van der Waals surface area contributed by atoms with Gasteiger partial charge in [-0.2, -0.15) is 0 Å². The van der Waals surface area contributed by atoms with E-state index in [4.69, 9.17) is 5.73 Å². The van der Waals surface area contributed by atoms with Crippen LogP contribution in [0.4, 0.5) is 0 Å². The van der Waals surface area contributed by atoms with Crippen molar-refractivity contribution in [2.75, 3.05) is 13.1 Å². The van der Waals surface area contributed by atoms with Gasteiger partial charge in [-0.25, -0.2) is 0 Å². The Morgan fingerprint density at radius 2 is 1.44 bits per heavy atom. The molecule has 0 heterocycles. The van der Waals surface area contributed by atoms with E-state index in [1.807, 2.05) is 0 Å². The lowest BCUT2D eigenvalue weighted by atomic mass is 9.75. The van der Waals surface area contributed by atoms with Gasteiger partial charge in [0.2, 0.25) is 0 Å². The third-order valence-electron chi connectivity index (χ3n) is 4.37. The number of nitrogens with one attached hydrogen (secondary N) is 1. The van der Waals surface area contributed by atoms with E-state index in [-0.39, 0.29) is 11.0 Å². The fraction of sp³-hybridized carbons (Fsp3) is 1.00. The Balaban J connectivity index is 4.02. The number of hydrogen-bond donors (Lipinski definition) is 2. The Labute approximate surface area is 115 Å². The van der Waals surface area contributed by atoms with Crippen molar-refractivity contribution >= 4 is 0 Å². The van der Waals surface area contributed by atoms with E-state index in [9.17, 15) is 0 Å². The van der Waals surface area contributed by atoms with Crippen molar-refractivity contribution in [1.29, 1.82) is 0 Å². The molecule has 110 valence electrons. The Morgan fingerprint density at radius 1 is 0.889 bits per heavy atom. The van der Waals surface area contributed by atoms with Crippen molar-refractivity contribution in [1.82, 2.24) is 5.32 Å². The molecule has 0 radical (unpaired) electrons. The van der Waals surface area contributed by atoms with E-state index in [1.165, 1.54) is 25.7 Å². The summed E-state index contributed by atoms with van der Waals surface area (Å²) in [5.41, 5.74) is 6.59. The summed E-state index contributed by atoms with van der Waals surface area (Å²) in [7, 11) is 0. The van der Waals surface area contributed by atoms with Crippen LogP contribution in [0.3, 0.4) is 0 Å². The molecule has 0 aromatic heterocycles. The number of unbranched alkanes of at least 4 members (excludes halogenated alkanes) is 2. The van der Waals surface area contributed by atoms with E-state index >= 15 is 0 Å². The predicted molar refractivity (Wildman–Crippen MR) is 82.8 cm³/mol. The third kappa shape index (κ3) is 6.75. The zero-order valence-electron chi connectivity index (χ0n) is 13.8. The quantitative estimate of drug-likeness (QED) is 0.613. The smallest absolute Gasteiger partial charge is 0.0161 e. The minimum atomic E-state index is -0.146. The van der Waals surface area contributed by atoms with Crippen LogP contribution in [0.2, 0.25) is 0 Å². The van der Waals surface area contributed by atoms with Gasteiger partial charge in [-0.1, -0.05) is 53.9 Å². The molecule has 0 aliphatic heterocycles. The van der Waals surface area contributed by atoms with Gasteiger partial charge in [0, 0.05) is 18.6 Å². The maximum Gasteiger partial charge on any atom is 0.0161 e. The second-order valence-electron chi connectivity index (χ2n) is 7.83. The van der Waals surface area contributed by atoms with Gasteiger partial charge >= 0.3 is 0 Å². The van der Waals surface area contributed by atoms with Gasteiger partial charge in [0.15, 0.2) is 0 Å². The SMILES string of the molecule is CCCCCC(C)(C)CNCC(C)(C)C(C)(C)N. The molecule has 0 aliphatic rings. The van der Waals surface area contributed by atoms with Crippen LogP contribution in [0.25, 0.3) is 0 Å². The minimum Gasteiger partial charge on any atom is -0.325 e. The van der Waals surface area contributed by atoms with Crippen LogP contribution in [-0.4, -0.2) is 18.6 Å². The van der Waals surface area contributed by atoms with E-state index in [0.29, 0.717) is 5.41 Å². The molecule has 0 amide bonds. The zero-order chi connectivity index (χ0) is 14.4. The van der Waals surface area contributed by atoms with E-state index < -0.39 is 0 Å². The van der Waals surface area contributed by atoms with Crippen molar-refractivity contribution in [2.45, 2.75) is 79.7 Å². The lowest BCUT2D eigenvalue weighted by molar-refractivity contribution is 0.182. The monoisotopic (exact) mass is 256 g/mol. The molecule has 0 saturated carbocycles. The van der Waals surface area contributed by atoms with Gasteiger partial charge in [0.25, 0.3) is 0 Å². The Kier molecular flexibility index (Phi) is 6.87. The first-order valence-corrected chi connectivity index (χ1v) is 7.51. The minimum absolute atomic E-state index is 0.118. The second kappa shape index (κ2) is 6.91. The summed E-state index contributed by atoms with van der Waals surface area (Å²) in [5, 5.41) is 3.62. The maximum absolute atomic E-state index is 6.22. The van der Waals surface area contributed by atoms with Gasteiger partial charge in [-0.15, -0.1) is 0 Å². The van der Waals surface area contributed by atoms with Crippen molar-refractivity contribution in [3.63, 3.8) is 0 Å². The topological polar surface area (TPSA) is 38.0 Å². The van der Waals surface area contributed by atoms with Crippen LogP contribution >= 0.6 is 0 Å². The molecule has 0 atom stereocenters. The van der Waals surface area contributed by atoms with Crippen LogP contribution in [0.1, 0.15) is 74.1 Å². The average molecular weight is 256 g/mol. The van der Waals surface area contributed by atoms with Gasteiger partial charge in [0.05, 0.1) is 0 Å². The molecule has 0 aromatic carbocycles. The molecule has 0 aromatic rings. The van der Waals surface area contributed by atoms with Crippen molar-refractivity contribution in [3.05, 3.63) is 0 Å². The Bertz CT molecular complexity index is 224. The molecule has 0 unspecified atom stereocenters. The Hall–Kier alpha value is -0.0800. The molecular formula is C16H36N2. The van der Waals surface area contributed by atoms with E-state index in [2.05, 4.69) is 53.8 Å². The molecule has 0 saturated heterocycles. The highest BCUT2D eigenvalue weighted by atomic mass is 14.9. The molecule has 2 heteroatoms. The highest BCUT2D eigenvalue weighted by molar-refractivity contribution is 4.91. The average Bonchev–Trinajstić information content (AvgIpc) is 2.15. The predicted octanol–water partition coefficient (Wildman–Crippen LogP) is 3.95. The number of nitrogens with two attached hydrogens (primary N) is 1. The van der Waals surface area contributed by atoms with Crippen LogP contribution < -0.4 is 11.1 Å². The van der Waals surface area contributed by atoms with E-state index in [0.717, 1.165) is 13.1 Å². The fourth-order valence-electron chi connectivity index (χ4n) is 1.88. The summed E-state index contributed by atoms with van der Waals surface area (Å²) in [5.74, 6) is 0. The largest absolute Gasteiger partial charge is 0.325 e. The first-order valence-electron chi connectivity index (χ1n) is 7.51. The molecule has 3 N–H and O–H groups in total. The maximum atomic E-state index is 6.22. The third-order valence-corrected chi connectivity index (χ3v) is 4.37. The standard InChI is InChI=1S/C16H36N2/c1-8-9-10-11-14(2,3)12-18-13-15(4,5)16(6,7)17/h18H,8-13,17H2,1-7H3. The lowest BCUT2D eigenvalue weighted by Gasteiger charge is -2.39. The molecule has 0 fully saturated rings. The highest BCUT2D eigenvalue weighted by Crippen LogP contribution is 2.28. The van der Waals surface area contributed by atoms with Crippen LogP contribution in [0.15, 0.2) is 0 Å². The molecule has 0 aliphatic carbocycles. The van der Waals surface area contributed by atoms with Crippen molar-refractivity contribution in [2.24, 2.45) is 16.6 Å². The summed E-state index contributed by atoms with van der Waals surface area (Å²) in [6, 6.07) is 0. The summed E-state index contributed by atoms with van der Waals surface area (Å²) >= 11 is 0. The molecule has 0 rings (SSSR count). The van der Waals surface area contributed by atoms with Gasteiger partial charge in [0.1, 0.15) is 0 Å². The molecule has 18 heavy (non-hydrogen) atoms. The summed E-state index contributed by atoms with van der Waals surface area (Å²) in [6.45, 7) is 17.7. The van der Waals surface area contributed by atoms with E-state index in [1.54, 1.807) is 0 Å². The van der Waals surface area contributed by atoms with Gasteiger partial charge in [-0.05, 0) is 31.1 Å². The highest BCUT2D eigenvalue weighted by Gasteiger charge is 2.33. The van der Waals surface area contributed by atoms with Crippen molar-refractivity contribution in [3.8, 4) is 0 Å². The molecule has 0 bridgehead atoms. The van der Waals surface area contributed by atoms with Crippen molar-refractivity contribution < 1.29 is 0 Å². The van der Waals surface area contributed by atoms with Gasteiger partial charge in [-0.3, -0.25) is 0 Å². The summed E-state index contributed by atoms with van der Waals surface area (Å²) in [6.07, 6.45) is 5.31. The van der Waals surface area contributed by atoms with Gasteiger partial charge < -0.3 is 11.1 Å². The fourth-order valence-corrected chi connectivity index (χ4v) is 1.88. The Morgan fingerprint density at radius 3 is 1.89 bits per heavy atom. The van der Waals surface area contributed by atoms with Crippen LogP contribution in [-0.2, 0) is 0 Å². The molecule has 0 spiro atoms. The number of rotatable bonds is 9. The first kappa shape index (κ1) is 17.9. The first-order chi connectivity index (χ1) is 8.02. The molecular weight excluding hydrogens is 220 g/mol. The normalized spacial score (nSPS) is 14.0. The lowest BCUT2D eigenvalue weighted by Crippen LogP contribution is -2.53. The summed E-state index contributed by atoms with van der Waals surface area (Å²) < 4.78 is 0. The summed E-state index contributed by atoms with van der Waals surface area (Å²) in [4.78, 5) is 0. The zero-order valence-corrected chi connectivity index (χ0v) is 13.8. The second-order valence-corrected chi connectivity index (χ2v) is 7.83. The van der Waals surface area contributed by atoms with Crippen LogP contribution in [0.5, 0.6) is 0 Å². The number of hydrogen-bond acceptors (Lipinski definition) is 2. The molecule has 2 nitrogen and oxygen atoms in total.